The summed E-state index contributed by atoms with van der Waals surface area (Å²) < 4.78 is 7.15. The van der Waals surface area contributed by atoms with E-state index in [9.17, 15) is 4.79 Å². The van der Waals surface area contributed by atoms with Crippen LogP contribution in [0.4, 0.5) is 0 Å². The summed E-state index contributed by atoms with van der Waals surface area (Å²) in [4.78, 5) is 12.5. The summed E-state index contributed by atoms with van der Waals surface area (Å²) in [5, 5.41) is 1.06. The SMILES string of the molecule is COC(=O)C1=C(N)c2c(n(C)c3ccccc23)C1c1ccccc1. The molecule has 1 aromatic heterocycles. The van der Waals surface area contributed by atoms with Crippen molar-refractivity contribution >= 4 is 22.6 Å². The highest BCUT2D eigenvalue weighted by atomic mass is 16.5. The Bertz CT molecular complexity index is 984. The maximum absolute atomic E-state index is 12.5. The number of esters is 1. The van der Waals surface area contributed by atoms with E-state index in [2.05, 4.69) is 10.6 Å². The van der Waals surface area contributed by atoms with E-state index in [1.807, 2.05) is 55.6 Å². The zero-order valence-electron chi connectivity index (χ0n) is 13.6. The van der Waals surface area contributed by atoms with E-state index in [0.29, 0.717) is 11.3 Å². The predicted octanol–water partition coefficient (Wildman–Crippen LogP) is 3.17. The summed E-state index contributed by atoms with van der Waals surface area (Å²) in [7, 11) is 3.41. The van der Waals surface area contributed by atoms with Crippen LogP contribution in [-0.4, -0.2) is 17.6 Å². The average Bonchev–Trinajstić information content (AvgIpc) is 3.09. The topological polar surface area (TPSA) is 57.2 Å². The zero-order valence-corrected chi connectivity index (χ0v) is 13.6. The first-order valence-electron chi connectivity index (χ1n) is 7.85. The van der Waals surface area contributed by atoms with Crippen LogP contribution in [0.1, 0.15) is 22.7 Å². The van der Waals surface area contributed by atoms with Crippen LogP contribution in [0.3, 0.4) is 0 Å². The van der Waals surface area contributed by atoms with Crippen LogP contribution in [0.5, 0.6) is 0 Å². The molecular formula is C20H18N2O2. The van der Waals surface area contributed by atoms with Gasteiger partial charge in [0.15, 0.2) is 0 Å². The first kappa shape index (κ1) is 14.6. The van der Waals surface area contributed by atoms with Crippen molar-refractivity contribution in [3.8, 4) is 0 Å². The molecule has 1 aliphatic rings. The second-order valence-corrected chi connectivity index (χ2v) is 6.00. The summed E-state index contributed by atoms with van der Waals surface area (Å²) in [5.41, 5.74) is 11.6. The number of carbonyl (C=O) groups excluding carboxylic acids is 1. The Morgan fingerprint density at radius 1 is 1.08 bits per heavy atom. The zero-order chi connectivity index (χ0) is 16.8. The number of fused-ring (bicyclic) bond motifs is 3. The van der Waals surface area contributed by atoms with Gasteiger partial charge in [0.1, 0.15) is 0 Å². The van der Waals surface area contributed by atoms with Crippen molar-refractivity contribution in [3.05, 3.63) is 77.0 Å². The second-order valence-electron chi connectivity index (χ2n) is 6.00. The molecule has 4 nitrogen and oxygen atoms in total. The monoisotopic (exact) mass is 318 g/mol. The van der Waals surface area contributed by atoms with Crippen molar-refractivity contribution in [2.24, 2.45) is 12.8 Å². The molecule has 1 unspecified atom stereocenters. The number of ether oxygens (including phenoxy) is 1. The van der Waals surface area contributed by atoms with E-state index < -0.39 is 0 Å². The van der Waals surface area contributed by atoms with E-state index in [1.165, 1.54) is 7.11 Å². The van der Waals surface area contributed by atoms with Gasteiger partial charge in [-0.25, -0.2) is 4.79 Å². The number of benzene rings is 2. The number of methoxy groups -OCH3 is 1. The number of nitrogens with zero attached hydrogens (tertiary/aromatic N) is 1. The molecule has 0 aliphatic heterocycles. The van der Waals surface area contributed by atoms with Gasteiger partial charge >= 0.3 is 5.97 Å². The van der Waals surface area contributed by atoms with Gasteiger partial charge in [-0.3, -0.25) is 0 Å². The lowest BCUT2D eigenvalue weighted by atomic mass is 9.91. The number of hydrogen-bond donors (Lipinski definition) is 1. The second kappa shape index (κ2) is 5.27. The number of rotatable bonds is 2. The number of aromatic nitrogens is 1. The van der Waals surface area contributed by atoms with Gasteiger partial charge in [0.05, 0.1) is 24.3 Å². The Morgan fingerprint density at radius 3 is 2.46 bits per heavy atom. The minimum Gasteiger partial charge on any atom is -0.466 e. The Morgan fingerprint density at radius 2 is 1.75 bits per heavy atom. The smallest absolute Gasteiger partial charge is 0.336 e. The van der Waals surface area contributed by atoms with Gasteiger partial charge in [0, 0.05) is 29.2 Å². The summed E-state index contributed by atoms with van der Waals surface area (Å²) >= 11 is 0. The largest absolute Gasteiger partial charge is 0.466 e. The highest BCUT2D eigenvalue weighted by molar-refractivity contribution is 6.08. The molecule has 4 rings (SSSR count). The molecule has 0 spiro atoms. The summed E-state index contributed by atoms with van der Waals surface area (Å²) in [6, 6.07) is 18.1. The minimum absolute atomic E-state index is 0.217. The fourth-order valence-corrected chi connectivity index (χ4v) is 3.77. The van der Waals surface area contributed by atoms with Gasteiger partial charge in [-0.2, -0.15) is 0 Å². The van der Waals surface area contributed by atoms with E-state index in [-0.39, 0.29) is 11.9 Å². The van der Waals surface area contributed by atoms with Crippen LogP contribution in [0.15, 0.2) is 60.2 Å². The normalized spacial score (nSPS) is 16.5. The van der Waals surface area contributed by atoms with Gasteiger partial charge in [0.25, 0.3) is 0 Å². The van der Waals surface area contributed by atoms with Gasteiger partial charge in [-0.15, -0.1) is 0 Å². The fourth-order valence-electron chi connectivity index (χ4n) is 3.77. The Labute approximate surface area is 140 Å². The van der Waals surface area contributed by atoms with Crippen molar-refractivity contribution in [2.75, 3.05) is 7.11 Å². The fraction of sp³-hybridized carbons (Fsp3) is 0.150. The summed E-state index contributed by atoms with van der Waals surface area (Å²) in [6.07, 6.45) is 0. The molecule has 0 fully saturated rings. The molecule has 2 aromatic carbocycles. The molecule has 24 heavy (non-hydrogen) atoms. The minimum atomic E-state index is -0.373. The average molecular weight is 318 g/mol. The molecule has 1 atom stereocenters. The van der Waals surface area contributed by atoms with Crippen LogP contribution in [-0.2, 0) is 16.6 Å². The summed E-state index contributed by atoms with van der Waals surface area (Å²) in [6.45, 7) is 0. The molecule has 0 radical (unpaired) electrons. The van der Waals surface area contributed by atoms with Gasteiger partial charge in [-0.1, -0.05) is 48.5 Å². The maximum atomic E-state index is 12.5. The van der Waals surface area contributed by atoms with Crippen LogP contribution in [0, 0.1) is 0 Å². The lowest BCUT2D eigenvalue weighted by molar-refractivity contribution is -0.136. The van der Waals surface area contributed by atoms with E-state index in [4.69, 9.17) is 10.5 Å². The third-order valence-electron chi connectivity index (χ3n) is 4.81. The standard InChI is InChI=1S/C20H18N2O2/c1-22-14-11-7-6-10-13(14)16-18(21)17(20(23)24-2)15(19(16)22)12-8-4-3-5-9-12/h3-11,15H,21H2,1-2H3. The van der Waals surface area contributed by atoms with Crippen molar-refractivity contribution < 1.29 is 9.53 Å². The number of para-hydroxylation sites is 1. The molecule has 0 saturated carbocycles. The molecule has 3 aromatic rings. The first-order chi connectivity index (χ1) is 11.6. The maximum Gasteiger partial charge on any atom is 0.336 e. The van der Waals surface area contributed by atoms with Crippen LogP contribution >= 0.6 is 0 Å². The van der Waals surface area contributed by atoms with Crippen molar-refractivity contribution in [1.29, 1.82) is 0 Å². The Kier molecular flexibility index (Phi) is 3.20. The van der Waals surface area contributed by atoms with E-state index >= 15 is 0 Å². The third kappa shape index (κ3) is 1.83. The van der Waals surface area contributed by atoms with E-state index in [0.717, 1.165) is 27.7 Å². The lowest BCUT2D eigenvalue weighted by Gasteiger charge is -2.17. The molecule has 0 saturated heterocycles. The van der Waals surface area contributed by atoms with Crippen LogP contribution in [0.25, 0.3) is 16.6 Å². The quantitative estimate of drug-likeness (QED) is 0.738. The number of carbonyl (C=O) groups is 1. The Balaban J connectivity index is 2.08. The van der Waals surface area contributed by atoms with E-state index in [1.54, 1.807) is 0 Å². The molecule has 1 aliphatic carbocycles. The Hall–Kier alpha value is -3.01. The molecule has 2 N–H and O–H groups in total. The molecular weight excluding hydrogens is 300 g/mol. The number of aryl methyl sites for hydroxylation is 1. The highest BCUT2D eigenvalue weighted by Crippen LogP contribution is 2.47. The molecule has 0 amide bonds. The van der Waals surface area contributed by atoms with Crippen molar-refractivity contribution in [1.82, 2.24) is 4.57 Å². The molecule has 4 heteroatoms. The summed E-state index contributed by atoms with van der Waals surface area (Å²) in [5.74, 6) is -0.590. The molecule has 0 bridgehead atoms. The molecule has 120 valence electrons. The van der Waals surface area contributed by atoms with Gasteiger partial charge in [0.2, 0.25) is 0 Å². The number of nitrogens with two attached hydrogens (primary N) is 1. The predicted molar refractivity (Wildman–Crippen MR) is 94.3 cm³/mol. The number of hydrogen-bond acceptors (Lipinski definition) is 3. The molecule has 1 heterocycles. The third-order valence-corrected chi connectivity index (χ3v) is 4.81. The van der Waals surface area contributed by atoms with Crippen molar-refractivity contribution in [2.45, 2.75) is 5.92 Å². The van der Waals surface area contributed by atoms with Gasteiger partial charge < -0.3 is 15.0 Å². The van der Waals surface area contributed by atoms with Crippen molar-refractivity contribution in [3.63, 3.8) is 0 Å². The highest BCUT2D eigenvalue weighted by Gasteiger charge is 2.39. The van der Waals surface area contributed by atoms with Crippen LogP contribution < -0.4 is 5.73 Å². The van der Waals surface area contributed by atoms with Gasteiger partial charge in [-0.05, 0) is 11.6 Å². The van der Waals surface area contributed by atoms with Crippen LogP contribution in [0.2, 0.25) is 0 Å². The lowest BCUT2D eigenvalue weighted by Crippen LogP contribution is -2.15. The first-order valence-corrected chi connectivity index (χ1v) is 7.85.